The average molecular weight is 291 g/mol. The number of rotatable bonds is 5. The van der Waals surface area contributed by atoms with Gasteiger partial charge in [0.05, 0.1) is 11.5 Å². The van der Waals surface area contributed by atoms with Gasteiger partial charge >= 0.3 is 0 Å². The lowest BCUT2D eigenvalue weighted by molar-refractivity contribution is 0.117. The molecule has 1 unspecified atom stereocenters. The summed E-state index contributed by atoms with van der Waals surface area (Å²) in [6, 6.07) is 0. The first-order chi connectivity index (χ1) is 9.72. The second-order valence-corrected chi connectivity index (χ2v) is 6.39. The largest absolute Gasteiger partial charge is 0.381 e. The zero-order chi connectivity index (χ0) is 14.1. The molecule has 108 valence electrons. The van der Waals surface area contributed by atoms with Gasteiger partial charge in [0.1, 0.15) is 16.5 Å². The normalized spacial score (nSPS) is 15.6. The van der Waals surface area contributed by atoms with E-state index in [4.69, 9.17) is 14.7 Å². The Morgan fingerprint density at radius 3 is 2.95 bits per heavy atom. The van der Waals surface area contributed by atoms with Gasteiger partial charge < -0.3 is 10.1 Å². The molecule has 2 aromatic rings. The zero-order valence-corrected chi connectivity index (χ0v) is 13.1. The number of methoxy groups -OCH3 is 1. The van der Waals surface area contributed by atoms with Crippen LogP contribution in [0, 0.1) is 0 Å². The van der Waals surface area contributed by atoms with Crippen molar-refractivity contribution in [2.24, 2.45) is 0 Å². The highest BCUT2D eigenvalue weighted by atomic mass is 32.1. The van der Waals surface area contributed by atoms with Crippen LogP contribution in [0.15, 0.2) is 0 Å². The Hall–Kier alpha value is -1.20. The Kier molecular flexibility index (Phi) is 3.89. The molecule has 4 nitrogen and oxygen atoms in total. The zero-order valence-electron chi connectivity index (χ0n) is 12.3. The molecule has 0 aliphatic heterocycles. The third-order valence-corrected chi connectivity index (χ3v) is 5.01. The predicted molar refractivity (Wildman–Crippen MR) is 83.8 cm³/mol. The molecule has 3 rings (SSSR count). The Labute approximate surface area is 123 Å². The summed E-state index contributed by atoms with van der Waals surface area (Å²) in [7, 11) is 1.73. The van der Waals surface area contributed by atoms with E-state index in [0.717, 1.165) is 29.4 Å². The number of hydrogen-bond acceptors (Lipinski definition) is 5. The lowest BCUT2D eigenvalue weighted by atomic mass is 10.2. The number of nitrogens with one attached hydrogen (secondary N) is 1. The van der Waals surface area contributed by atoms with E-state index in [1.54, 1.807) is 7.11 Å². The number of hydrogen-bond donors (Lipinski definition) is 1. The van der Waals surface area contributed by atoms with Crippen LogP contribution in [0.1, 0.15) is 36.5 Å². The minimum atomic E-state index is 0.147. The first kappa shape index (κ1) is 13.8. The molecule has 1 aliphatic rings. The molecule has 0 spiro atoms. The SMILES string of the molecule is CCNc1nc(CC(C)OC)nc2sc3c(c12)CCC3. The van der Waals surface area contributed by atoms with E-state index in [2.05, 4.69) is 19.2 Å². The van der Waals surface area contributed by atoms with Crippen molar-refractivity contribution >= 4 is 27.4 Å². The van der Waals surface area contributed by atoms with Crippen LogP contribution in [-0.2, 0) is 24.0 Å². The number of nitrogens with zero attached hydrogens (tertiary/aromatic N) is 2. The molecule has 5 heteroatoms. The van der Waals surface area contributed by atoms with E-state index in [9.17, 15) is 0 Å². The van der Waals surface area contributed by atoms with Gasteiger partial charge in [-0.15, -0.1) is 11.3 Å². The van der Waals surface area contributed by atoms with E-state index in [0.29, 0.717) is 0 Å². The average Bonchev–Trinajstić information content (AvgIpc) is 2.98. The summed E-state index contributed by atoms with van der Waals surface area (Å²) in [6.45, 7) is 5.04. The second-order valence-electron chi connectivity index (χ2n) is 5.31. The van der Waals surface area contributed by atoms with E-state index < -0.39 is 0 Å². The maximum atomic E-state index is 5.33. The molecule has 1 aliphatic carbocycles. The smallest absolute Gasteiger partial charge is 0.138 e. The van der Waals surface area contributed by atoms with Crippen molar-refractivity contribution in [3.63, 3.8) is 0 Å². The summed E-state index contributed by atoms with van der Waals surface area (Å²) in [6.07, 6.45) is 4.54. The van der Waals surface area contributed by atoms with Crippen molar-refractivity contribution < 1.29 is 4.74 Å². The van der Waals surface area contributed by atoms with Crippen LogP contribution >= 0.6 is 11.3 Å². The molecule has 1 N–H and O–H groups in total. The van der Waals surface area contributed by atoms with Crippen molar-refractivity contribution in [3.05, 3.63) is 16.3 Å². The number of anilines is 1. The Morgan fingerprint density at radius 1 is 1.35 bits per heavy atom. The predicted octanol–water partition coefficient (Wildman–Crippen LogP) is 3.19. The lowest BCUT2D eigenvalue weighted by Crippen LogP contribution is -2.12. The number of thiophene rings is 1. The maximum Gasteiger partial charge on any atom is 0.138 e. The minimum absolute atomic E-state index is 0.147. The Morgan fingerprint density at radius 2 is 2.20 bits per heavy atom. The molecule has 2 aromatic heterocycles. The molecule has 0 saturated carbocycles. The molecule has 20 heavy (non-hydrogen) atoms. The van der Waals surface area contributed by atoms with Crippen molar-refractivity contribution in [3.8, 4) is 0 Å². The minimum Gasteiger partial charge on any atom is -0.381 e. The highest BCUT2D eigenvalue weighted by Gasteiger charge is 2.22. The standard InChI is InChI=1S/C15H21N3OS/c1-4-16-14-13-10-6-5-7-11(10)20-15(13)18-12(17-14)8-9(2)19-3/h9H,4-8H2,1-3H3,(H,16,17,18). The van der Waals surface area contributed by atoms with Crippen molar-refractivity contribution in [2.75, 3.05) is 19.0 Å². The van der Waals surface area contributed by atoms with E-state index >= 15 is 0 Å². The third kappa shape index (κ3) is 2.40. The number of aryl methyl sites for hydroxylation is 2. The van der Waals surface area contributed by atoms with E-state index in [1.165, 1.54) is 35.1 Å². The molecule has 1 atom stereocenters. The van der Waals surface area contributed by atoms with Gasteiger partial charge in [-0.05, 0) is 38.7 Å². The van der Waals surface area contributed by atoms with Crippen LogP contribution in [-0.4, -0.2) is 29.7 Å². The fourth-order valence-corrected chi connectivity index (χ4v) is 4.05. The molecular formula is C15H21N3OS. The van der Waals surface area contributed by atoms with Crippen LogP contribution in [0.2, 0.25) is 0 Å². The Balaban J connectivity index is 2.08. The molecule has 2 heterocycles. The molecule has 0 fully saturated rings. The number of aromatic nitrogens is 2. The van der Waals surface area contributed by atoms with Crippen molar-refractivity contribution in [1.29, 1.82) is 0 Å². The summed E-state index contributed by atoms with van der Waals surface area (Å²) < 4.78 is 5.33. The first-order valence-corrected chi connectivity index (χ1v) is 8.12. The van der Waals surface area contributed by atoms with Crippen LogP contribution in [0.4, 0.5) is 5.82 Å². The van der Waals surface area contributed by atoms with Gasteiger partial charge in [-0.2, -0.15) is 0 Å². The van der Waals surface area contributed by atoms with Gasteiger partial charge in [-0.3, -0.25) is 0 Å². The second kappa shape index (κ2) is 5.66. The summed E-state index contributed by atoms with van der Waals surface area (Å²) in [4.78, 5) is 12.1. The summed E-state index contributed by atoms with van der Waals surface area (Å²) in [5, 5.41) is 4.67. The van der Waals surface area contributed by atoms with Gasteiger partial charge in [-0.25, -0.2) is 9.97 Å². The fourth-order valence-electron chi connectivity index (χ4n) is 2.77. The summed E-state index contributed by atoms with van der Waals surface area (Å²) in [5.74, 6) is 1.89. The Bertz CT molecular complexity index is 623. The topological polar surface area (TPSA) is 47.0 Å². The first-order valence-electron chi connectivity index (χ1n) is 7.30. The van der Waals surface area contributed by atoms with Crippen LogP contribution in [0.25, 0.3) is 10.2 Å². The van der Waals surface area contributed by atoms with Crippen molar-refractivity contribution in [2.45, 2.75) is 45.6 Å². The van der Waals surface area contributed by atoms with Gasteiger partial charge in [0, 0.05) is 25.0 Å². The fraction of sp³-hybridized carbons (Fsp3) is 0.600. The maximum absolute atomic E-state index is 5.33. The molecule has 0 aromatic carbocycles. The van der Waals surface area contributed by atoms with E-state index in [-0.39, 0.29) is 6.10 Å². The lowest BCUT2D eigenvalue weighted by Gasteiger charge is -2.11. The molecule has 0 amide bonds. The molecule has 0 bridgehead atoms. The number of ether oxygens (including phenoxy) is 1. The molecular weight excluding hydrogens is 270 g/mol. The molecule has 0 radical (unpaired) electrons. The van der Waals surface area contributed by atoms with Gasteiger partial charge in [0.25, 0.3) is 0 Å². The highest BCUT2D eigenvalue weighted by molar-refractivity contribution is 7.19. The van der Waals surface area contributed by atoms with Gasteiger partial charge in [-0.1, -0.05) is 0 Å². The van der Waals surface area contributed by atoms with Crippen LogP contribution < -0.4 is 5.32 Å². The summed E-state index contributed by atoms with van der Waals surface area (Å²) in [5.41, 5.74) is 1.48. The number of fused-ring (bicyclic) bond motifs is 3. The van der Waals surface area contributed by atoms with Gasteiger partial charge in [0.2, 0.25) is 0 Å². The van der Waals surface area contributed by atoms with Gasteiger partial charge in [0.15, 0.2) is 0 Å². The quantitative estimate of drug-likeness (QED) is 0.919. The highest BCUT2D eigenvalue weighted by Crippen LogP contribution is 2.39. The van der Waals surface area contributed by atoms with Crippen molar-refractivity contribution in [1.82, 2.24) is 9.97 Å². The molecule has 0 saturated heterocycles. The monoisotopic (exact) mass is 291 g/mol. The third-order valence-electron chi connectivity index (χ3n) is 3.83. The summed E-state index contributed by atoms with van der Waals surface area (Å²) >= 11 is 1.84. The van der Waals surface area contributed by atoms with Crippen LogP contribution in [0.5, 0.6) is 0 Å². The van der Waals surface area contributed by atoms with E-state index in [1.807, 2.05) is 11.3 Å². The van der Waals surface area contributed by atoms with Crippen LogP contribution in [0.3, 0.4) is 0 Å².